The van der Waals surface area contributed by atoms with Gasteiger partial charge in [0, 0.05) is 11.8 Å². The number of hydrogen-bond acceptors (Lipinski definition) is 6. The number of halogens is 1. The second kappa shape index (κ2) is 6.07. The van der Waals surface area contributed by atoms with Crippen molar-refractivity contribution in [1.29, 1.82) is 0 Å². The maximum absolute atomic E-state index is 14.1. The fourth-order valence-electron chi connectivity index (χ4n) is 3.22. The van der Waals surface area contributed by atoms with Gasteiger partial charge in [-0.3, -0.25) is 0 Å². The van der Waals surface area contributed by atoms with E-state index in [1.54, 1.807) is 10.8 Å². The number of aromatic nitrogens is 3. The van der Waals surface area contributed by atoms with E-state index in [-0.39, 0.29) is 5.82 Å². The lowest BCUT2D eigenvalue weighted by molar-refractivity contribution is -0.0492. The molecule has 2 aromatic heterocycles. The molecule has 0 amide bonds. The van der Waals surface area contributed by atoms with Crippen molar-refractivity contribution in [3.05, 3.63) is 42.9 Å². The fraction of sp³-hybridized carbons (Fsp3) is 0.294. The van der Waals surface area contributed by atoms with Crippen molar-refractivity contribution >= 4 is 16.9 Å². The minimum atomic E-state index is -1.69. The number of alkyl halides is 1. The van der Waals surface area contributed by atoms with E-state index in [1.165, 1.54) is 6.33 Å². The predicted octanol–water partition coefficient (Wildman–Crippen LogP) is 1.27. The molecule has 0 spiro atoms. The van der Waals surface area contributed by atoms with E-state index in [4.69, 9.17) is 10.5 Å². The van der Waals surface area contributed by atoms with Crippen LogP contribution in [0.1, 0.15) is 6.23 Å². The van der Waals surface area contributed by atoms with E-state index >= 15 is 0 Å². The molecule has 0 unspecified atom stereocenters. The lowest BCUT2D eigenvalue weighted by Gasteiger charge is -2.16. The van der Waals surface area contributed by atoms with Gasteiger partial charge in [-0.05, 0) is 5.56 Å². The third-order valence-electron chi connectivity index (χ3n) is 4.47. The van der Waals surface area contributed by atoms with Crippen LogP contribution in [0, 0.1) is 0 Å². The van der Waals surface area contributed by atoms with Gasteiger partial charge in [-0.15, -0.1) is 0 Å². The summed E-state index contributed by atoms with van der Waals surface area (Å²) < 4.78 is 21.2. The van der Waals surface area contributed by atoms with Gasteiger partial charge in [0.05, 0.1) is 12.0 Å². The second-order valence-corrected chi connectivity index (χ2v) is 5.96. The lowest BCUT2D eigenvalue weighted by atomic mass is 10.1. The number of aliphatic hydroxyl groups excluding tert-OH is 2. The summed E-state index contributed by atoms with van der Waals surface area (Å²) in [6.45, 7) is -0.517. The number of nitrogens with zero attached hydrogens (tertiary/aromatic N) is 3. The van der Waals surface area contributed by atoms with Crippen molar-refractivity contribution in [2.75, 3.05) is 12.3 Å². The largest absolute Gasteiger partial charge is 0.394 e. The minimum absolute atomic E-state index is 0.283. The molecule has 1 fully saturated rings. The average molecular weight is 344 g/mol. The molecule has 1 aliphatic heterocycles. The first kappa shape index (κ1) is 15.9. The first-order chi connectivity index (χ1) is 12.1. The Morgan fingerprint density at radius 1 is 1.24 bits per heavy atom. The van der Waals surface area contributed by atoms with Crippen molar-refractivity contribution in [1.82, 2.24) is 14.5 Å². The molecule has 1 aliphatic rings. The predicted molar refractivity (Wildman–Crippen MR) is 89.3 cm³/mol. The van der Waals surface area contributed by atoms with Gasteiger partial charge in [-0.1, -0.05) is 30.3 Å². The Hall–Kier alpha value is -2.55. The molecule has 7 nitrogen and oxygen atoms in total. The zero-order valence-electron chi connectivity index (χ0n) is 13.2. The summed E-state index contributed by atoms with van der Waals surface area (Å²) in [5.41, 5.74) is 8.11. The lowest BCUT2D eigenvalue weighted by Crippen LogP contribution is -2.29. The standard InChI is InChI=1S/C17H17FN4O3/c18-13-11(7-23)25-17(14(13)24)22-6-10(9-4-2-1-3-5-9)12-15(19)20-8-21-16(12)22/h1-6,8,11,13-14,17,23-24H,7H2,(H2,19,20,21)/t11-,13-,14-,17-/m1/s1. The van der Waals surface area contributed by atoms with Crippen LogP contribution in [0.3, 0.4) is 0 Å². The zero-order valence-corrected chi connectivity index (χ0v) is 13.2. The Kier molecular flexibility index (Phi) is 3.87. The van der Waals surface area contributed by atoms with Crippen LogP contribution >= 0.6 is 0 Å². The monoisotopic (exact) mass is 344 g/mol. The molecule has 3 heterocycles. The molecule has 8 heteroatoms. The average Bonchev–Trinajstić information content (AvgIpc) is 3.15. The number of fused-ring (bicyclic) bond motifs is 1. The van der Waals surface area contributed by atoms with Gasteiger partial charge in [0.25, 0.3) is 0 Å². The van der Waals surface area contributed by atoms with Gasteiger partial charge in [-0.25, -0.2) is 14.4 Å². The van der Waals surface area contributed by atoms with Crippen LogP contribution in [0.4, 0.5) is 10.2 Å². The Morgan fingerprint density at radius 2 is 2.00 bits per heavy atom. The van der Waals surface area contributed by atoms with Crippen LogP contribution in [-0.2, 0) is 4.74 Å². The summed E-state index contributed by atoms with van der Waals surface area (Å²) in [4.78, 5) is 8.27. The maximum Gasteiger partial charge on any atom is 0.164 e. The summed E-state index contributed by atoms with van der Waals surface area (Å²) in [5, 5.41) is 20.0. The van der Waals surface area contributed by atoms with E-state index in [0.717, 1.165) is 11.1 Å². The number of nitrogens with two attached hydrogens (primary N) is 1. The molecule has 0 radical (unpaired) electrons. The highest BCUT2D eigenvalue weighted by Gasteiger charge is 2.45. The van der Waals surface area contributed by atoms with Crippen molar-refractivity contribution in [2.24, 2.45) is 0 Å². The third kappa shape index (κ3) is 2.46. The van der Waals surface area contributed by atoms with Crippen molar-refractivity contribution in [3.8, 4) is 11.1 Å². The Morgan fingerprint density at radius 3 is 2.68 bits per heavy atom. The second-order valence-electron chi connectivity index (χ2n) is 5.96. The molecule has 130 valence electrons. The fourth-order valence-corrected chi connectivity index (χ4v) is 3.22. The van der Waals surface area contributed by atoms with Crippen LogP contribution in [0.2, 0.25) is 0 Å². The number of nitrogen functional groups attached to an aromatic ring is 1. The summed E-state index contributed by atoms with van der Waals surface area (Å²) in [7, 11) is 0. The molecule has 0 aliphatic carbocycles. The summed E-state index contributed by atoms with van der Waals surface area (Å²) >= 11 is 0. The van der Waals surface area contributed by atoms with Crippen LogP contribution in [0.5, 0.6) is 0 Å². The van der Waals surface area contributed by atoms with E-state index in [2.05, 4.69) is 9.97 Å². The molecular formula is C17H17FN4O3. The normalized spacial score (nSPS) is 26.4. The summed E-state index contributed by atoms with van der Waals surface area (Å²) in [6.07, 6.45) is -2.19. The number of benzene rings is 1. The van der Waals surface area contributed by atoms with Gasteiger partial charge in [-0.2, -0.15) is 0 Å². The van der Waals surface area contributed by atoms with Gasteiger partial charge >= 0.3 is 0 Å². The van der Waals surface area contributed by atoms with Crippen LogP contribution < -0.4 is 5.73 Å². The molecule has 1 aromatic carbocycles. The van der Waals surface area contributed by atoms with E-state index < -0.39 is 31.2 Å². The van der Waals surface area contributed by atoms with Crippen molar-refractivity contribution in [3.63, 3.8) is 0 Å². The molecule has 3 aromatic rings. The molecule has 0 bridgehead atoms. The van der Waals surface area contributed by atoms with Gasteiger partial charge in [0.1, 0.15) is 30.0 Å². The Balaban J connectivity index is 1.90. The Bertz CT molecular complexity index is 902. The van der Waals surface area contributed by atoms with E-state index in [9.17, 15) is 14.6 Å². The van der Waals surface area contributed by atoms with E-state index in [0.29, 0.717) is 11.0 Å². The summed E-state index contributed by atoms with van der Waals surface area (Å²) in [6, 6.07) is 9.49. The number of rotatable bonds is 3. The summed E-state index contributed by atoms with van der Waals surface area (Å²) in [5.74, 6) is 0.283. The maximum atomic E-state index is 14.1. The molecule has 4 atom stereocenters. The van der Waals surface area contributed by atoms with E-state index in [1.807, 2.05) is 30.3 Å². The first-order valence-corrected chi connectivity index (χ1v) is 7.86. The number of anilines is 1. The first-order valence-electron chi connectivity index (χ1n) is 7.86. The van der Waals surface area contributed by atoms with Crippen LogP contribution in [0.15, 0.2) is 42.9 Å². The SMILES string of the molecule is Nc1ncnc2c1c(-c1ccccc1)cn2[C@@H]1O[C@H](CO)[C@@H](F)[C@H]1O. The Labute approximate surface area is 142 Å². The molecule has 0 saturated carbocycles. The van der Waals surface area contributed by atoms with Crippen molar-refractivity contribution in [2.45, 2.75) is 24.6 Å². The topological polar surface area (TPSA) is 106 Å². The smallest absolute Gasteiger partial charge is 0.164 e. The highest BCUT2D eigenvalue weighted by atomic mass is 19.1. The number of hydrogen-bond donors (Lipinski definition) is 3. The third-order valence-corrected chi connectivity index (χ3v) is 4.47. The number of aliphatic hydroxyl groups is 2. The molecular weight excluding hydrogens is 327 g/mol. The highest BCUT2D eigenvalue weighted by Crippen LogP contribution is 2.38. The minimum Gasteiger partial charge on any atom is -0.394 e. The number of ether oxygens (including phenoxy) is 1. The van der Waals surface area contributed by atoms with Gasteiger partial charge < -0.3 is 25.3 Å². The van der Waals surface area contributed by atoms with Crippen LogP contribution in [0.25, 0.3) is 22.2 Å². The molecule has 1 saturated heterocycles. The molecule has 25 heavy (non-hydrogen) atoms. The zero-order chi connectivity index (χ0) is 17.6. The van der Waals surface area contributed by atoms with Gasteiger partial charge in [0.15, 0.2) is 12.4 Å². The highest BCUT2D eigenvalue weighted by molar-refractivity contribution is 6.00. The van der Waals surface area contributed by atoms with Crippen molar-refractivity contribution < 1.29 is 19.3 Å². The molecule has 4 N–H and O–H groups in total. The quantitative estimate of drug-likeness (QED) is 0.661. The van der Waals surface area contributed by atoms with Gasteiger partial charge in [0.2, 0.25) is 0 Å². The molecule has 4 rings (SSSR count). The van der Waals surface area contributed by atoms with Crippen LogP contribution in [-0.4, -0.2) is 49.7 Å².